The highest BCUT2D eigenvalue weighted by Crippen LogP contribution is 2.23. The van der Waals surface area contributed by atoms with E-state index >= 15 is 0 Å². The lowest BCUT2D eigenvalue weighted by Crippen LogP contribution is -2.39. The Bertz CT molecular complexity index is 557. The SMILES string of the molecule is CCCNCc1cccc(S(=O)(=O)N2CCCC(C)C2)c1. The first kappa shape index (κ1) is 16.5. The molecular weight excluding hydrogens is 284 g/mol. The predicted molar refractivity (Wildman–Crippen MR) is 85.6 cm³/mol. The standard InChI is InChI=1S/C16H26N2O2S/c1-3-9-17-12-15-7-4-8-16(11-15)21(19,20)18-10-5-6-14(2)13-18/h4,7-8,11,14,17H,3,5-6,9-10,12-13H2,1-2H3. The van der Waals surface area contributed by atoms with Gasteiger partial charge in [-0.15, -0.1) is 0 Å². The Balaban J connectivity index is 2.14. The highest BCUT2D eigenvalue weighted by Gasteiger charge is 2.28. The summed E-state index contributed by atoms with van der Waals surface area (Å²) in [4.78, 5) is 0.424. The van der Waals surface area contributed by atoms with Gasteiger partial charge in [0.05, 0.1) is 4.90 Å². The van der Waals surface area contributed by atoms with E-state index in [4.69, 9.17) is 0 Å². The highest BCUT2D eigenvalue weighted by atomic mass is 32.2. The van der Waals surface area contributed by atoms with Gasteiger partial charge in [-0.1, -0.05) is 26.0 Å². The number of benzene rings is 1. The van der Waals surface area contributed by atoms with E-state index in [-0.39, 0.29) is 0 Å². The Morgan fingerprint density at radius 2 is 2.19 bits per heavy atom. The molecule has 1 atom stereocenters. The predicted octanol–water partition coefficient (Wildman–Crippen LogP) is 2.61. The Labute approximate surface area is 128 Å². The minimum atomic E-state index is -3.34. The van der Waals surface area contributed by atoms with Crippen molar-refractivity contribution in [2.24, 2.45) is 5.92 Å². The zero-order valence-corrected chi connectivity index (χ0v) is 13.8. The molecule has 1 aromatic rings. The van der Waals surface area contributed by atoms with Crippen LogP contribution in [0.25, 0.3) is 0 Å². The molecule has 1 aliphatic rings. The van der Waals surface area contributed by atoms with Gasteiger partial charge < -0.3 is 5.32 Å². The quantitative estimate of drug-likeness (QED) is 0.822. The van der Waals surface area contributed by atoms with Crippen molar-refractivity contribution in [3.63, 3.8) is 0 Å². The Kier molecular flexibility index (Phi) is 5.79. The maximum Gasteiger partial charge on any atom is 0.243 e. The molecule has 0 aliphatic carbocycles. The van der Waals surface area contributed by atoms with Gasteiger partial charge in [0, 0.05) is 19.6 Å². The molecule has 0 amide bonds. The molecule has 4 nitrogen and oxygen atoms in total. The van der Waals surface area contributed by atoms with E-state index < -0.39 is 10.0 Å². The average molecular weight is 310 g/mol. The van der Waals surface area contributed by atoms with Gasteiger partial charge >= 0.3 is 0 Å². The van der Waals surface area contributed by atoms with Crippen molar-refractivity contribution in [1.29, 1.82) is 0 Å². The van der Waals surface area contributed by atoms with Gasteiger partial charge in [0.2, 0.25) is 10.0 Å². The molecule has 5 heteroatoms. The summed E-state index contributed by atoms with van der Waals surface area (Å²) in [6.45, 7) is 7.18. The summed E-state index contributed by atoms with van der Waals surface area (Å²) >= 11 is 0. The molecule has 0 saturated carbocycles. The molecule has 2 rings (SSSR count). The van der Waals surface area contributed by atoms with E-state index in [2.05, 4.69) is 19.2 Å². The summed E-state index contributed by atoms with van der Waals surface area (Å²) in [5.41, 5.74) is 1.02. The zero-order valence-electron chi connectivity index (χ0n) is 13.0. The lowest BCUT2D eigenvalue weighted by Gasteiger charge is -2.30. The number of nitrogens with zero attached hydrogens (tertiary/aromatic N) is 1. The molecule has 0 spiro atoms. The zero-order chi connectivity index (χ0) is 15.3. The number of piperidine rings is 1. The van der Waals surface area contributed by atoms with Crippen LogP contribution in [0.5, 0.6) is 0 Å². The van der Waals surface area contributed by atoms with Crippen LogP contribution in [0.4, 0.5) is 0 Å². The molecule has 0 radical (unpaired) electrons. The molecular formula is C16H26N2O2S. The highest BCUT2D eigenvalue weighted by molar-refractivity contribution is 7.89. The van der Waals surface area contributed by atoms with Crippen molar-refractivity contribution in [2.45, 2.75) is 44.6 Å². The van der Waals surface area contributed by atoms with Crippen molar-refractivity contribution < 1.29 is 8.42 Å². The van der Waals surface area contributed by atoms with E-state index in [9.17, 15) is 8.42 Å². The van der Waals surface area contributed by atoms with E-state index in [0.29, 0.717) is 30.4 Å². The minimum absolute atomic E-state index is 0.424. The molecule has 1 unspecified atom stereocenters. The third kappa shape index (κ3) is 4.28. The molecule has 0 aromatic heterocycles. The maximum absolute atomic E-state index is 12.7. The normalized spacial score (nSPS) is 20.6. The van der Waals surface area contributed by atoms with E-state index in [1.165, 1.54) is 0 Å². The number of sulfonamides is 1. The van der Waals surface area contributed by atoms with Crippen LogP contribution in [-0.2, 0) is 16.6 Å². The molecule has 1 aromatic carbocycles. The van der Waals surface area contributed by atoms with Gasteiger partial charge in [0.15, 0.2) is 0 Å². The van der Waals surface area contributed by atoms with E-state index in [1.54, 1.807) is 16.4 Å². The van der Waals surface area contributed by atoms with Crippen molar-refractivity contribution in [2.75, 3.05) is 19.6 Å². The van der Waals surface area contributed by atoms with Crippen molar-refractivity contribution in [3.05, 3.63) is 29.8 Å². The van der Waals surface area contributed by atoms with Gasteiger partial charge in [-0.2, -0.15) is 4.31 Å². The maximum atomic E-state index is 12.7. The van der Waals surface area contributed by atoms with Crippen LogP contribution in [-0.4, -0.2) is 32.4 Å². The molecule has 1 fully saturated rings. The van der Waals surface area contributed by atoms with Gasteiger partial charge in [-0.3, -0.25) is 0 Å². The lowest BCUT2D eigenvalue weighted by molar-refractivity contribution is 0.281. The van der Waals surface area contributed by atoms with Crippen LogP contribution in [0.2, 0.25) is 0 Å². The molecule has 1 heterocycles. The number of nitrogens with one attached hydrogen (secondary N) is 1. The summed E-state index contributed by atoms with van der Waals surface area (Å²) in [6, 6.07) is 7.32. The molecule has 0 bridgehead atoms. The van der Waals surface area contributed by atoms with Crippen LogP contribution in [0.3, 0.4) is 0 Å². The van der Waals surface area contributed by atoms with Crippen LogP contribution in [0.15, 0.2) is 29.2 Å². The van der Waals surface area contributed by atoms with Crippen molar-refractivity contribution >= 4 is 10.0 Å². The van der Waals surface area contributed by atoms with E-state index in [1.807, 2.05) is 12.1 Å². The average Bonchev–Trinajstić information content (AvgIpc) is 2.48. The first-order valence-electron chi connectivity index (χ1n) is 7.84. The number of rotatable bonds is 6. The monoisotopic (exact) mass is 310 g/mol. The van der Waals surface area contributed by atoms with Crippen LogP contribution in [0.1, 0.15) is 38.7 Å². The van der Waals surface area contributed by atoms with E-state index in [0.717, 1.165) is 31.4 Å². The van der Waals surface area contributed by atoms with Crippen LogP contribution >= 0.6 is 0 Å². The number of hydrogen-bond donors (Lipinski definition) is 1. The van der Waals surface area contributed by atoms with Gasteiger partial charge in [0.1, 0.15) is 0 Å². The molecule has 21 heavy (non-hydrogen) atoms. The second-order valence-electron chi connectivity index (χ2n) is 5.93. The smallest absolute Gasteiger partial charge is 0.243 e. The van der Waals surface area contributed by atoms with Crippen LogP contribution in [0, 0.1) is 5.92 Å². The summed E-state index contributed by atoms with van der Waals surface area (Å²) in [5, 5.41) is 3.31. The topological polar surface area (TPSA) is 49.4 Å². The Morgan fingerprint density at radius 1 is 1.38 bits per heavy atom. The molecule has 1 N–H and O–H groups in total. The minimum Gasteiger partial charge on any atom is -0.313 e. The molecule has 1 saturated heterocycles. The Morgan fingerprint density at radius 3 is 2.90 bits per heavy atom. The second-order valence-corrected chi connectivity index (χ2v) is 7.87. The molecule has 1 aliphatic heterocycles. The third-order valence-electron chi connectivity index (χ3n) is 3.91. The fourth-order valence-corrected chi connectivity index (χ4v) is 4.41. The number of hydrogen-bond acceptors (Lipinski definition) is 3. The first-order chi connectivity index (χ1) is 10.0. The molecule has 118 valence electrons. The summed E-state index contributed by atoms with van der Waals surface area (Å²) in [5.74, 6) is 0.447. The first-order valence-corrected chi connectivity index (χ1v) is 9.28. The van der Waals surface area contributed by atoms with Crippen molar-refractivity contribution in [3.8, 4) is 0 Å². The lowest BCUT2D eigenvalue weighted by atomic mass is 10.0. The van der Waals surface area contributed by atoms with Crippen LogP contribution < -0.4 is 5.32 Å². The Hall–Kier alpha value is -0.910. The third-order valence-corrected chi connectivity index (χ3v) is 5.77. The van der Waals surface area contributed by atoms with Gasteiger partial charge in [-0.25, -0.2) is 8.42 Å². The largest absolute Gasteiger partial charge is 0.313 e. The fraction of sp³-hybridized carbons (Fsp3) is 0.625. The van der Waals surface area contributed by atoms with Crippen molar-refractivity contribution in [1.82, 2.24) is 9.62 Å². The summed E-state index contributed by atoms with van der Waals surface area (Å²) in [7, 11) is -3.34. The van der Waals surface area contributed by atoms with Gasteiger partial charge in [-0.05, 0) is 49.4 Å². The second kappa shape index (κ2) is 7.38. The fourth-order valence-electron chi connectivity index (χ4n) is 2.74. The van der Waals surface area contributed by atoms with Gasteiger partial charge in [0.25, 0.3) is 0 Å². The summed E-state index contributed by atoms with van der Waals surface area (Å²) < 4.78 is 27.1. The summed E-state index contributed by atoms with van der Waals surface area (Å²) in [6.07, 6.45) is 3.15.